The molecule has 0 spiro atoms. The molecule has 7 nitrogen and oxygen atoms in total. The zero-order valence-corrected chi connectivity index (χ0v) is 18.6. The van der Waals surface area contributed by atoms with Gasteiger partial charge in [-0.2, -0.15) is 5.10 Å². The Morgan fingerprint density at radius 2 is 1.82 bits per heavy atom. The number of anilines is 1. The van der Waals surface area contributed by atoms with E-state index in [2.05, 4.69) is 10.4 Å². The number of benzene rings is 3. The first-order valence-corrected chi connectivity index (χ1v) is 10.8. The van der Waals surface area contributed by atoms with Crippen LogP contribution in [0.15, 0.2) is 79.0 Å². The Labute approximate surface area is 196 Å². The van der Waals surface area contributed by atoms with Crippen molar-refractivity contribution in [3.05, 3.63) is 113 Å². The lowest BCUT2D eigenvalue weighted by Gasteiger charge is -2.20. The van der Waals surface area contributed by atoms with Gasteiger partial charge in [-0.25, -0.2) is 9.07 Å². The minimum Gasteiger partial charge on any atom is -0.384 e. The zero-order chi connectivity index (χ0) is 24.2. The van der Waals surface area contributed by atoms with Crippen molar-refractivity contribution < 1.29 is 9.18 Å². The molecule has 0 aliphatic rings. The summed E-state index contributed by atoms with van der Waals surface area (Å²) in [6.07, 6.45) is 2.47. The Morgan fingerprint density at radius 1 is 1.09 bits per heavy atom. The molecule has 1 unspecified atom stereocenters. The van der Waals surface area contributed by atoms with E-state index in [0.29, 0.717) is 33.8 Å². The number of rotatable bonds is 8. The van der Waals surface area contributed by atoms with Gasteiger partial charge in [-0.1, -0.05) is 31.2 Å². The number of nitrogens with one attached hydrogen (secondary N) is 2. The molecule has 0 saturated carbocycles. The van der Waals surface area contributed by atoms with Crippen LogP contribution in [0.25, 0.3) is 5.69 Å². The summed E-state index contributed by atoms with van der Waals surface area (Å²) in [5, 5.41) is 15.6. The Hall–Kier alpha value is -4.46. The summed E-state index contributed by atoms with van der Waals surface area (Å²) in [6.45, 7) is 2.01. The van der Waals surface area contributed by atoms with Crippen molar-refractivity contribution in [3.8, 4) is 5.69 Å². The van der Waals surface area contributed by atoms with Crippen molar-refractivity contribution in [2.75, 3.05) is 5.32 Å². The number of hydrogen-bond donors (Lipinski definition) is 4. The number of carbonyl (C=O) groups excluding carboxylic acids is 1. The maximum Gasteiger partial charge on any atom is 0.250 e. The first-order chi connectivity index (χ1) is 16.4. The monoisotopic (exact) mass is 456 g/mol. The fourth-order valence-electron chi connectivity index (χ4n) is 3.77. The molecule has 0 fully saturated rings. The van der Waals surface area contributed by atoms with Crippen molar-refractivity contribution in [1.82, 2.24) is 9.78 Å². The third kappa shape index (κ3) is 4.66. The second-order valence-electron chi connectivity index (χ2n) is 7.84. The van der Waals surface area contributed by atoms with E-state index in [1.54, 1.807) is 71.5 Å². The quantitative estimate of drug-likeness (QED) is 0.235. The van der Waals surface area contributed by atoms with E-state index in [1.165, 1.54) is 6.07 Å². The van der Waals surface area contributed by atoms with Gasteiger partial charge in [0.15, 0.2) is 0 Å². The Kier molecular flexibility index (Phi) is 6.40. The van der Waals surface area contributed by atoms with E-state index < -0.39 is 11.9 Å². The summed E-state index contributed by atoms with van der Waals surface area (Å²) in [5.41, 5.74) is 15.3. The second-order valence-corrected chi connectivity index (χ2v) is 7.84. The van der Waals surface area contributed by atoms with Crippen LogP contribution >= 0.6 is 0 Å². The van der Waals surface area contributed by atoms with Crippen molar-refractivity contribution in [2.24, 2.45) is 11.5 Å². The molecule has 0 aliphatic heterocycles. The molecule has 0 saturated heterocycles. The molecule has 0 bridgehead atoms. The number of aryl methyl sites for hydroxylation is 1. The molecular formula is C26H25FN6O. The molecule has 4 aromatic rings. The van der Waals surface area contributed by atoms with Gasteiger partial charge in [-0.05, 0) is 60.5 Å². The van der Waals surface area contributed by atoms with E-state index in [9.17, 15) is 4.79 Å². The van der Waals surface area contributed by atoms with Crippen molar-refractivity contribution in [3.63, 3.8) is 0 Å². The lowest BCUT2D eigenvalue weighted by Crippen LogP contribution is -2.17. The Balaban J connectivity index is 1.78. The smallest absolute Gasteiger partial charge is 0.250 e. The van der Waals surface area contributed by atoms with Crippen LogP contribution < -0.4 is 16.8 Å². The van der Waals surface area contributed by atoms with Crippen LogP contribution in [0, 0.1) is 11.2 Å². The van der Waals surface area contributed by atoms with Gasteiger partial charge < -0.3 is 16.8 Å². The van der Waals surface area contributed by atoms with Gasteiger partial charge in [-0.3, -0.25) is 10.2 Å². The Bertz CT molecular complexity index is 1350. The molecule has 8 heteroatoms. The lowest BCUT2D eigenvalue weighted by molar-refractivity contribution is 0.1000. The molecule has 1 aromatic heterocycles. The number of amides is 1. The fraction of sp³-hybridized carbons (Fsp3) is 0.115. The van der Waals surface area contributed by atoms with Crippen LogP contribution in [0.3, 0.4) is 0 Å². The number of nitrogen functional groups attached to an aromatic ring is 1. The number of carbonyl (C=O) groups is 1. The number of aromatic nitrogens is 2. The highest BCUT2D eigenvalue weighted by Gasteiger charge is 2.22. The number of hydrogen-bond acceptors (Lipinski definition) is 4. The third-order valence-corrected chi connectivity index (χ3v) is 5.61. The Morgan fingerprint density at radius 3 is 2.50 bits per heavy atom. The average molecular weight is 457 g/mol. The first kappa shape index (κ1) is 22.7. The van der Waals surface area contributed by atoms with Crippen molar-refractivity contribution >= 4 is 17.4 Å². The van der Waals surface area contributed by atoms with Crippen molar-refractivity contribution in [1.29, 1.82) is 5.41 Å². The summed E-state index contributed by atoms with van der Waals surface area (Å²) in [6, 6.07) is 20.1. The summed E-state index contributed by atoms with van der Waals surface area (Å²) >= 11 is 0. The molecular weight excluding hydrogens is 431 g/mol. The minimum absolute atomic E-state index is 0.0309. The van der Waals surface area contributed by atoms with Gasteiger partial charge in [0.05, 0.1) is 23.0 Å². The van der Waals surface area contributed by atoms with Gasteiger partial charge in [0.1, 0.15) is 11.7 Å². The summed E-state index contributed by atoms with van der Waals surface area (Å²) < 4.78 is 16.6. The minimum atomic E-state index is -0.614. The summed E-state index contributed by atoms with van der Waals surface area (Å²) in [5.74, 6) is -0.951. The molecule has 1 heterocycles. The molecule has 0 aliphatic carbocycles. The maximum atomic E-state index is 15.0. The van der Waals surface area contributed by atoms with Gasteiger partial charge in [0.25, 0.3) is 5.91 Å². The van der Waals surface area contributed by atoms with Crippen LogP contribution in [0.4, 0.5) is 10.1 Å². The molecule has 0 radical (unpaired) electrons. The fourth-order valence-corrected chi connectivity index (χ4v) is 3.77. The highest BCUT2D eigenvalue weighted by Crippen LogP contribution is 2.29. The van der Waals surface area contributed by atoms with Gasteiger partial charge in [-0.15, -0.1) is 0 Å². The molecule has 1 amide bonds. The molecule has 6 N–H and O–H groups in total. The van der Waals surface area contributed by atoms with Gasteiger partial charge in [0.2, 0.25) is 0 Å². The molecule has 3 aromatic carbocycles. The van der Waals surface area contributed by atoms with E-state index in [0.717, 1.165) is 12.0 Å². The number of nitrogens with two attached hydrogens (primary N) is 2. The predicted octanol–water partition coefficient (Wildman–Crippen LogP) is 4.16. The topological polar surface area (TPSA) is 123 Å². The molecule has 34 heavy (non-hydrogen) atoms. The van der Waals surface area contributed by atoms with E-state index in [-0.39, 0.29) is 11.7 Å². The average Bonchev–Trinajstić information content (AvgIpc) is 3.33. The molecule has 172 valence electrons. The SMILES string of the molecule is CCc1ccc(F)c(C(Nc2ccc(C(=N)N)cc2)c2ccn(-c3ccccc3C(N)=O)n2)c1. The standard InChI is InChI=1S/C26H25FN6O/c1-2-16-7-12-21(27)20(15-16)24(31-18-10-8-17(9-11-18)25(28)29)22-13-14-33(32-22)23-6-4-3-5-19(23)26(30)34/h3-15,24,31H,2H2,1H3,(H3,28,29)(H2,30,34). The predicted molar refractivity (Wildman–Crippen MR) is 131 cm³/mol. The molecule has 4 rings (SSSR count). The van der Waals surface area contributed by atoms with Crippen LogP contribution in [-0.2, 0) is 6.42 Å². The zero-order valence-electron chi connectivity index (χ0n) is 18.6. The van der Waals surface area contributed by atoms with Crippen LogP contribution in [0.2, 0.25) is 0 Å². The summed E-state index contributed by atoms with van der Waals surface area (Å²) in [7, 11) is 0. The highest BCUT2D eigenvalue weighted by molar-refractivity contribution is 5.96. The number of amidine groups is 1. The van der Waals surface area contributed by atoms with Crippen LogP contribution in [0.5, 0.6) is 0 Å². The normalized spacial score (nSPS) is 11.7. The highest BCUT2D eigenvalue weighted by atomic mass is 19.1. The van der Waals surface area contributed by atoms with Gasteiger partial charge in [0, 0.05) is 23.0 Å². The third-order valence-electron chi connectivity index (χ3n) is 5.61. The van der Waals surface area contributed by atoms with E-state index in [1.807, 2.05) is 13.0 Å². The number of para-hydroxylation sites is 1. The summed E-state index contributed by atoms with van der Waals surface area (Å²) in [4.78, 5) is 11.9. The lowest BCUT2D eigenvalue weighted by atomic mass is 9.99. The second kappa shape index (κ2) is 9.58. The van der Waals surface area contributed by atoms with Gasteiger partial charge >= 0.3 is 0 Å². The maximum absolute atomic E-state index is 15.0. The number of primary amides is 1. The first-order valence-electron chi connectivity index (χ1n) is 10.8. The van der Waals surface area contributed by atoms with E-state index in [4.69, 9.17) is 16.9 Å². The van der Waals surface area contributed by atoms with E-state index >= 15 is 4.39 Å². The van der Waals surface area contributed by atoms with Crippen LogP contribution in [-0.4, -0.2) is 21.5 Å². The van der Waals surface area contributed by atoms with Crippen LogP contribution in [0.1, 0.15) is 45.7 Å². The number of nitrogens with zero attached hydrogens (tertiary/aromatic N) is 2. The largest absolute Gasteiger partial charge is 0.384 e. The van der Waals surface area contributed by atoms with Crippen molar-refractivity contribution in [2.45, 2.75) is 19.4 Å². The number of halogens is 1. The molecule has 1 atom stereocenters.